The van der Waals surface area contributed by atoms with Gasteiger partial charge in [-0.15, -0.1) is 0 Å². The van der Waals surface area contributed by atoms with Gasteiger partial charge in [0.1, 0.15) is 0 Å². The lowest BCUT2D eigenvalue weighted by atomic mass is 9.65. The van der Waals surface area contributed by atoms with Crippen LogP contribution in [-0.2, 0) is 0 Å². The highest BCUT2D eigenvalue weighted by atomic mass is 14.4. The molecule has 0 aromatic heterocycles. The third-order valence-corrected chi connectivity index (χ3v) is 12.5. The third kappa shape index (κ3) is 5.12. The average molecular weight is 689 g/mol. The van der Waals surface area contributed by atoms with Crippen molar-refractivity contribution >= 4 is 54.2 Å². The topological polar surface area (TPSA) is 0 Å². The molecule has 2 unspecified atom stereocenters. The van der Waals surface area contributed by atoms with Crippen LogP contribution >= 0.6 is 0 Å². The van der Waals surface area contributed by atoms with Gasteiger partial charge in [0.2, 0.25) is 0 Å². The molecule has 0 amide bonds. The van der Waals surface area contributed by atoms with Crippen molar-refractivity contribution in [3.63, 3.8) is 0 Å². The van der Waals surface area contributed by atoms with Gasteiger partial charge < -0.3 is 0 Å². The van der Waals surface area contributed by atoms with E-state index in [0.717, 1.165) is 0 Å². The van der Waals surface area contributed by atoms with E-state index in [-0.39, 0.29) is 0 Å². The van der Waals surface area contributed by atoms with E-state index in [0.29, 0.717) is 11.8 Å². The summed E-state index contributed by atoms with van der Waals surface area (Å²) in [6, 6.07) is 68.6. The van der Waals surface area contributed by atoms with E-state index < -0.39 is 0 Å². The number of hydrogen-bond acceptors (Lipinski definition) is 0. The Balaban J connectivity index is 1.23. The zero-order valence-corrected chi connectivity index (χ0v) is 30.3. The maximum absolute atomic E-state index is 2.54. The fourth-order valence-electron chi connectivity index (χ4n) is 10.00. The van der Waals surface area contributed by atoms with Crippen molar-refractivity contribution in [3.05, 3.63) is 204 Å². The van der Waals surface area contributed by atoms with E-state index >= 15 is 0 Å². The van der Waals surface area contributed by atoms with E-state index in [4.69, 9.17) is 0 Å². The van der Waals surface area contributed by atoms with Crippen LogP contribution in [0.1, 0.15) is 36.8 Å². The maximum Gasteiger partial charge on any atom is -0.00803 e. The van der Waals surface area contributed by atoms with Gasteiger partial charge in [-0.25, -0.2) is 0 Å². The molecular formula is C54H40. The van der Waals surface area contributed by atoms with Gasteiger partial charge in [-0.2, -0.15) is 0 Å². The van der Waals surface area contributed by atoms with E-state index in [1.165, 1.54) is 124 Å². The molecule has 256 valence electrons. The fourth-order valence-corrected chi connectivity index (χ4v) is 10.00. The monoisotopic (exact) mass is 688 g/mol. The van der Waals surface area contributed by atoms with Gasteiger partial charge in [0.25, 0.3) is 0 Å². The van der Waals surface area contributed by atoms with Gasteiger partial charge in [-0.05, 0) is 153 Å². The highest BCUT2D eigenvalue weighted by Gasteiger charge is 2.36. The van der Waals surface area contributed by atoms with Crippen LogP contribution in [0.4, 0.5) is 0 Å². The predicted molar refractivity (Wildman–Crippen MR) is 230 cm³/mol. The molecule has 2 aliphatic carbocycles. The zero-order valence-electron chi connectivity index (χ0n) is 30.3. The number of fused-ring (bicyclic) bond motifs is 7. The van der Waals surface area contributed by atoms with E-state index in [1.54, 1.807) is 0 Å². The van der Waals surface area contributed by atoms with Gasteiger partial charge in [-0.3, -0.25) is 0 Å². The molecule has 0 nitrogen and oxygen atoms in total. The summed E-state index contributed by atoms with van der Waals surface area (Å²) in [5.74, 6) is 0.881. The summed E-state index contributed by atoms with van der Waals surface area (Å²) in [7, 11) is 0. The first-order chi connectivity index (χ1) is 26.8. The van der Waals surface area contributed by atoms with Gasteiger partial charge in [0.15, 0.2) is 0 Å². The molecule has 0 heterocycles. The van der Waals surface area contributed by atoms with E-state index in [1.807, 2.05) is 0 Å². The van der Waals surface area contributed by atoms with Crippen LogP contribution in [0.15, 0.2) is 182 Å². The van der Waals surface area contributed by atoms with Gasteiger partial charge in [0, 0.05) is 0 Å². The Labute approximate surface area is 316 Å². The molecule has 0 radical (unpaired) electrons. The minimum atomic E-state index is 0.432. The molecule has 0 bridgehead atoms. The SMILES string of the molecule is c1cc(C2=c3ccc(-c4ccc5ccccc5c4)cc3=C(c3cc4ccccc4c4ccccc34)C3CCCCC23)cc(-c2ccc3ccccc3c2)c1. The summed E-state index contributed by atoms with van der Waals surface area (Å²) < 4.78 is 0. The number of rotatable bonds is 4. The van der Waals surface area contributed by atoms with Crippen LogP contribution in [0, 0.1) is 11.8 Å². The lowest BCUT2D eigenvalue weighted by molar-refractivity contribution is 0.352. The molecule has 0 heteroatoms. The average Bonchev–Trinajstić information content (AvgIpc) is 3.25. The van der Waals surface area contributed by atoms with Crippen molar-refractivity contribution in [1.82, 2.24) is 0 Å². The Kier molecular flexibility index (Phi) is 7.37. The summed E-state index contributed by atoms with van der Waals surface area (Å²) in [5.41, 5.74) is 10.9. The summed E-state index contributed by atoms with van der Waals surface area (Å²) in [5, 5.41) is 13.3. The van der Waals surface area contributed by atoms with Crippen LogP contribution < -0.4 is 10.4 Å². The smallest absolute Gasteiger partial charge is 0.00803 e. The third-order valence-electron chi connectivity index (χ3n) is 12.5. The molecule has 0 spiro atoms. The lowest BCUT2D eigenvalue weighted by Crippen LogP contribution is -2.42. The first-order valence-electron chi connectivity index (χ1n) is 19.6. The Hall–Kier alpha value is -6.24. The lowest BCUT2D eigenvalue weighted by Gasteiger charge is -2.39. The molecule has 2 aliphatic rings. The molecule has 0 aliphatic heterocycles. The minimum absolute atomic E-state index is 0.432. The number of benzene rings is 9. The highest BCUT2D eigenvalue weighted by molar-refractivity contribution is 6.12. The molecule has 0 N–H and O–H groups in total. The summed E-state index contributed by atoms with van der Waals surface area (Å²) >= 11 is 0. The van der Waals surface area contributed by atoms with Crippen LogP contribution in [0.2, 0.25) is 0 Å². The zero-order chi connectivity index (χ0) is 35.6. The molecule has 0 saturated heterocycles. The second-order valence-corrected chi connectivity index (χ2v) is 15.5. The van der Waals surface area contributed by atoms with Crippen LogP contribution in [0.5, 0.6) is 0 Å². The maximum atomic E-state index is 2.54. The first-order valence-corrected chi connectivity index (χ1v) is 19.6. The molecule has 1 fully saturated rings. The molecular weight excluding hydrogens is 649 g/mol. The standard InChI is InChI=1S/C54H40/c1-3-14-37-30-40(26-24-35(37)12-1)39-17-11-18-44(32-39)53-48-22-9-10-23-49(48)54(51-34-43-16-5-6-19-45(43)46-20-7-8-21-47(46)51)52-33-42(28-29-50(52)53)41-27-25-36-13-2-4-15-38(36)31-41/h1-8,11-21,24-34,48-49H,9-10,22-23H2. The summed E-state index contributed by atoms with van der Waals surface area (Å²) in [6.07, 6.45) is 4.95. The second kappa shape index (κ2) is 12.7. The highest BCUT2D eigenvalue weighted by Crippen LogP contribution is 2.47. The summed E-state index contributed by atoms with van der Waals surface area (Å²) in [6.45, 7) is 0. The Bertz CT molecular complexity index is 3070. The van der Waals surface area contributed by atoms with Crippen molar-refractivity contribution in [2.45, 2.75) is 25.7 Å². The second-order valence-electron chi connectivity index (χ2n) is 15.5. The van der Waals surface area contributed by atoms with Crippen molar-refractivity contribution in [1.29, 1.82) is 0 Å². The normalized spacial score (nSPS) is 16.9. The summed E-state index contributed by atoms with van der Waals surface area (Å²) in [4.78, 5) is 0. The van der Waals surface area contributed by atoms with Gasteiger partial charge in [-0.1, -0.05) is 165 Å². The largest absolute Gasteiger partial charge is 0.0616 e. The van der Waals surface area contributed by atoms with Crippen LogP contribution in [-0.4, -0.2) is 0 Å². The molecule has 2 atom stereocenters. The Morgan fingerprint density at radius 1 is 0.296 bits per heavy atom. The molecule has 9 aromatic rings. The number of hydrogen-bond donors (Lipinski definition) is 0. The van der Waals surface area contributed by atoms with E-state index in [9.17, 15) is 0 Å². The quantitative estimate of drug-likeness (QED) is 0.161. The fraction of sp³-hybridized carbons (Fsp3) is 0.111. The molecule has 9 aromatic carbocycles. The van der Waals surface area contributed by atoms with Crippen molar-refractivity contribution in [2.24, 2.45) is 11.8 Å². The molecule has 1 saturated carbocycles. The van der Waals surface area contributed by atoms with Crippen molar-refractivity contribution in [2.75, 3.05) is 0 Å². The predicted octanol–water partition coefficient (Wildman–Crippen LogP) is 12.9. The van der Waals surface area contributed by atoms with Crippen LogP contribution in [0.25, 0.3) is 76.5 Å². The molecule has 11 rings (SSSR count). The first kappa shape index (κ1) is 31.3. The Morgan fingerprint density at radius 2 is 0.815 bits per heavy atom. The van der Waals surface area contributed by atoms with Gasteiger partial charge in [0.05, 0.1) is 0 Å². The van der Waals surface area contributed by atoms with Gasteiger partial charge >= 0.3 is 0 Å². The van der Waals surface area contributed by atoms with E-state index in [2.05, 4.69) is 182 Å². The Morgan fingerprint density at radius 3 is 1.52 bits per heavy atom. The van der Waals surface area contributed by atoms with Crippen LogP contribution in [0.3, 0.4) is 0 Å². The molecule has 54 heavy (non-hydrogen) atoms. The van der Waals surface area contributed by atoms with Crippen molar-refractivity contribution < 1.29 is 0 Å². The van der Waals surface area contributed by atoms with Crippen molar-refractivity contribution in [3.8, 4) is 22.3 Å². The minimum Gasteiger partial charge on any atom is -0.0616 e.